The van der Waals surface area contributed by atoms with Crippen LogP contribution in [0.3, 0.4) is 0 Å². The topological polar surface area (TPSA) is 54.7 Å². The minimum atomic E-state index is 0.0885. The van der Waals surface area contributed by atoms with Crippen molar-refractivity contribution in [3.63, 3.8) is 0 Å². The van der Waals surface area contributed by atoms with Gasteiger partial charge >= 0.3 is 0 Å². The number of benzene rings is 1. The maximum absolute atomic E-state index is 6.06. The van der Waals surface area contributed by atoms with Crippen LogP contribution < -0.4 is 5.73 Å². The molecular formula is C15H21N3. The normalized spacial score (nSPS) is 19.2. The molecule has 1 aromatic heterocycles. The van der Waals surface area contributed by atoms with E-state index < -0.39 is 0 Å². The number of aromatic nitrogens is 2. The molecule has 3 N–H and O–H groups in total. The van der Waals surface area contributed by atoms with Gasteiger partial charge in [-0.15, -0.1) is 0 Å². The van der Waals surface area contributed by atoms with E-state index in [1.54, 1.807) is 0 Å². The zero-order valence-corrected chi connectivity index (χ0v) is 11.0. The smallest absolute Gasteiger partial charge is 0.114 e. The van der Waals surface area contributed by atoms with Gasteiger partial charge in [0.25, 0.3) is 0 Å². The van der Waals surface area contributed by atoms with Gasteiger partial charge in [0.2, 0.25) is 0 Å². The molecule has 0 amide bonds. The second kappa shape index (κ2) is 4.39. The molecule has 2 aromatic rings. The minimum Gasteiger partial charge on any atom is -0.341 e. The number of nitrogens with one attached hydrogen (secondary N) is 1. The molecule has 0 saturated heterocycles. The molecule has 3 heteroatoms. The number of hydrogen-bond donors (Lipinski definition) is 2. The second-order valence-corrected chi connectivity index (χ2v) is 5.65. The van der Waals surface area contributed by atoms with E-state index in [0.29, 0.717) is 6.54 Å². The van der Waals surface area contributed by atoms with Crippen LogP contribution in [0, 0.1) is 6.92 Å². The van der Waals surface area contributed by atoms with Crippen molar-refractivity contribution in [2.75, 3.05) is 6.54 Å². The fourth-order valence-corrected chi connectivity index (χ4v) is 3.14. The summed E-state index contributed by atoms with van der Waals surface area (Å²) in [7, 11) is 0. The second-order valence-electron chi connectivity index (χ2n) is 5.65. The Morgan fingerprint density at radius 2 is 2.06 bits per heavy atom. The molecule has 1 aliphatic carbocycles. The number of aromatic amines is 1. The van der Waals surface area contributed by atoms with E-state index in [2.05, 4.69) is 30.1 Å². The summed E-state index contributed by atoms with van der Waals surface area (Å²) in [4.78, 5) is 8.29. The minimum absolute atomic E-state index is 0.0885. The third-order valence-corrected chi connectivity index (χ3v) is 4.34. The van der Waals surface area contributed by atoms with Crippen LogP contribution in [0.25, 0.3) is 11.0 Å². The molecule has 18 heavy (non-hydrogen) atoms. The van der Waals surface area contributed by atoms with Gasteiger partial charge in [-0.05, 0) is 37.5 Å². The van der Waals surface area contributed by atoms with E-state index in [4.69, 9.17) is 10.7 Å². The zero-order valence-electron chi connectivity index (χ0n) is 11.0. The van der Waals surface area contributed by atoms with Crippen LogP contribution in [0.15, 0.2) is 18.2 Å². The molecule has 3 rings (SSSR count). The molecule has 96 valence electrons. The molecule has 0 unspecified atom stereocenters. The molecule has 0 atom stereocenters. The van der Waals surface area contributed by atoms with Crippen LogP contribution in [0.2, 0.25) is 0 Å². The molecule has 0 bridgehead atoms. The van der Waals surface area contributed by atoms with Gasteiger partial charge < -0.3 is 10.7 Å². The van der Waals surface area contributed by atoms with Crippen LogP contribution in [-0.2, 0) is 5.41 Å². The van der Waals surface area contributed by atoms with Gasteiger partial charge in [0.1, 0.15) is 5.82 Å². The summed E-state index contributed by atoms with van der Waals surface area (Å²) in [6, 6.07) is 6.37. The summed E-state index contributed by atoms with van der Waals surface area (Å²) in [6.45, 7) is 2.81. The number of nitrogens with zero attached hydrogens (tertiary/aromatic N) is 1. The number of hydrogen-bond acceptors (Lipinski definition) is 2. The van der Waals surface area contributed by atoms with Gasteiger partial charge in [0, 0.05) is 12.0 Å². The molecule has 3 nitrogen and oxygen atoms in total. The highest BCUT2D eigenvalue weighted by Gasteiger charge is 2.35. The SMILES string of the molecule is Cc1ccc2nc(C3(CN)CCCCC3)[nH]c2c1. The number of nitrogens with two attached hydrogens (primary N) is 1. The fraction of sp³-hybridized carbons (Fsp3) is 0.533. The first-order chi connectivity index (χ1) is 8.73. The largest absolute Gasteiger partial charge is 0.341 e. The quantitative estimate of drug-likeness (QED) is 0.851. The third kappa shape index (κ3) is 1.83. The van der Waals surface area contributed by atoms with E-state index in [1.807, 2.05) is 0 Å². The number of H-pyrrole nitrogens is 1. The summed E-state index contributed by atoms with van der Waals surface area (Å²) < 4.78 is 0. The van der Waals surface area contributed by atoms with Crippen LogP contribution in [0.5, 0.6) is 0 Å². The average molecular weight is 243 g/mol. The lowest BCUT2D eigenvalue weighted by atomic mass is 9.73. The maximum atomic E-state index is 6.06. The summed E-state index contributed by atoms with van der Waals surface area (Å²) in [5.74, 6) is 1.10. The van der Waals surface area contributed by atoms with Gasteiger partial charge in [0.15, 0.2) is 0 Å². The predicted octanol–water partition coefficient (Wildman–Crippen LogP) is 3.03. The summed E-state index contributed by atoms with van der Waals surface area (Å²) in [5.41, 5.74) is 9.62. The van der Waals surface area contributed by atoms with Crippen molar-refractivity contribution in [3.05, 3.63) is 29.6 Å². The van der Waals surface area contributed by atoms with Crippen molar-refractivity contribution in [1.29, 1.82) is 0 Å². The molecule has 1 fully saturated rings. The van der Waals surface area contributed by atoms with E-state index in [0.717, 1.165) is 16.9 Å². The Kier molecular flexibility index (Phi) is 2.86. The lowest BCUT2D eigenvalue weighted by molar-refractivity contribution is 0.288. The highest BCUT2D eigenvalue weighted by Crippen LogP contribution is 2.37. The van der Waals surface area contributed by atoms with Gasteiger partial charge in [-0.3, -0.25) is 0 Å². The van der Waals surface area contributed by atoms with Crippen LogP contribution in [0.4, 0.5) is 0 Å². The Morgan fingerprint density at radius 3 is 2.78 bits per heavy atom. The van der Waals surface area contributed by atoms with Crippen molar-refractivity contribution in [3.8, 4) is 0 Å². The highest BCUT2D eigenvalue weighted by atomic mass is 15.0. The summed E-state index contributed by atoms with van der Waals surface area (Å²) >= 11 is 0. The first kappa shape index (κ1) is 11.7. The van der Waals surface area contributed by atoms with E-state index in [-0.39, 0.29) is 5.41 Å². The fourth-order valence-electron chi connectivity index (χ4n) is 3.14. The van der Waals surface area contributed by atoms with Crippen molar-refractivity contribution < 1.29 is 0 Å². The zero-order chi connectivity index (χ0) is 12.6. The van der Waals surface area contributed by atoms with Crippen molar-refractivity contribution in [2.45, 2.75) is 44.4 Å². The van der Waals surface area contributed by atoms with Crippen molar-refractivity contribution in [1.82, 2.24) is 9.97 Å². The van der Waals surface area contributed by atoms with E-state index >= 15 is 0 Å². The maximum Gasteiger partial charge on any atom is 0.114 e. The summed E-state index contributed by atoms with van der Waals surface area (Å²) in [6.07, 6.45) is 6.21. The van der Waals surface area contributed by atoms with Crippen LogP contribution in [-0.4, -0.2) is 16.5 Å². The standard InChI is InChI=1S/C15H21N3/c1-11-5-6-12-13(9-11)18-14(17-12)15(10-16)7-3-2-4-8-15/h5-6,9H,2-4,7-8,10,16H2,1H3,(H,17,18). The Labute approximate surface area is 108 Å². The lowest BCUT2D eigenvalue weighted by Gasteiger charge is -2.34. The Bertz CT molecular complexity index is 550. The molecule has 0 radical (unpaired) electrons. The molecule has 1 aliphatic rings. The van der Waals surface area contributed by atoms with Crippen LogP contribution >= 0.6 is 0 Å². The van der Waals surface area contributed by atoms with Crippen molar-refractivity contribution >= 4 is 11.0 Å². The van der Waals surface area contributed by atoms with Crippen LogP contribution in [0.1, 0.15) is 43.5 Å². The number of aryl methyl sites for hydroxylation is 1. The number of rotatable bonds is 2. The Balaban J connectivity index is 2.06. The van der Waals surface area contributed by atoms with Gasteiger partial charge in [-0.25, -0.2) is 4.98 Å². The lowest BCUT2D eigenvalue weighted by Crippen LogP contribution is -2.38. The molecule has 1 aromatic carbocycles. The number of fused-ring (bicyclic) bond motifs is 1. The Hall–Kier alpha value is -1.35. The molecule has 0 aliphatic heterocycles. The average Bonchev–Trinajstić information content (AvgIpc) is 2.83. The molecule has 0 spiro atoms. The third-order valence-electron chi connectivity index (χ3n) is 4.34. The first-order valence-electron chi connectivity index (χ1n) is 6.90. The monoisotopic (exact) mass is 243 g/mol. The molecular weight excluding hydrogens is 222 g/mol. The summed E-state index contributed by atoms with van der Waals surface area (Å²) in [5, 5.41) is 0. The van der Waals surface area contributed by atoms with Crippen molar-refractivity contribution in [2.24, 2.45) is 5.73 Å². The van der Waals surface area contributed by atoms with E-state index in [1.165, 1.54) is 37.7 Å². The predicted molar refractivity (Wildman–Crippen MR) is 74.6 cm³/mol. The highest BCUT2D eigenvalue weighted by molar-refractivity contribution is 5.76. The van der Waals surface area contributed by atoms with E-state index in [9.17, 15) is 0 Å². The molecule has 1 saturated carbocycles. The Morgan fingerprint density at radius 1 is 1.28 bits per heavy atom. The van der Waals surface area contributed by atoms with Gasteiger partial charge in [0.05, 0.1) is 11.0 Å². The molecule has 1 heterocycles. The van der Waals surface area contributed by atoms with Gasteiger partial charge in [-0.1, -0.05) is 25.3 Å². The first-order valence-corrected chi connectivity index (χ1v) is 6.90. The number of imidazole rings is 1. The van der Waals surface area contributed by atoms with Gasteiger partial charge in [-0.2, -0.15) is 0 Å².